The molecule has 0 fully saturated rings. The Bertz CT molecular complexity index is 498. The van der Waals surface area contributed by atoms with E-state index in [1.54, 1.807) is 6.92 Å². The van der Waals surface area contributed by atoms with Gasteiger partial charge in [-0.3, -0.25) is 4.79 Å². The van der Waals surface area contributed by atoms with Crippen LogP contribution < -0.4 is 5.32 Å². The van der Waals surface area contributed by atoms with Crippen LogP contribution in [0.15, 0.2) is 12.5 Å². The van der Waals surface area contributed by atoms with Crippen LogP contribution in [0.4, 0.5) is 5.82 Å². The number of aromatic nitrogens is 2. The Hall–Kier alpha value is -2.00. The van der Waals surface area contributed by atoms with E-state index >= 15 is 0 Å². The molecule has 0 saturated heterocycles. The van der Waals surface area contributed by atoms with E-state index in [4.69, 9.17) is 0 Å². The number of nitrogens with zero attached hydrogens (tertiary/aromatic N) is 4. The summed E-state index contributed by atoms with van der Waals surface area (Å²) >= 11 is 0. The van der Waals surface area contributed by atoms with E-state index in [2.05, 4.69) is 10.3 Å². The molecule has 1 unspecified atom stereocenters. The molecule has 1 amide bonds. The predicted molar refractivity (Wildman–Crippen MR) is 75.7 cm³/mol. The summed E-state index contributed by atoms with van der Waals surface area (Å²) in [5.41, 5.74) is -1.01. The standard InChI is InChI=1S/C12H21N5O4/c1-12(19,8-15(2)3)7-13-11(18)4-5-16-6-10(14-9-16)17(20)21/h6,9,19H,4-5,7-8H2,1-3H3,(H,13,18). The summed E-state index contributed by atoms with van der Waals surface area (Å²) in [6.07, 6.45) is 2.74. The maximum absolute atomic E-state index is 11.7. The molecule has 0 radical (unpaired) electrons. The van der Waals surface area contributed by atoms with Crippen molar-refractivity contribution in [2.75, 3.05) is 27.2 Å². The summed E-state index contributed by atoms with van der Waals surface area (Å²) in [7, 11) is 3.67. The summed E-state index contributed by atoms with van der Waals surface area (Å²) in [6, 6.07) is 0. The van der Waals surface area contributed by atoms with Crippen LogP contribution in [0, 0.1) is 10.1 Å². The lowest BCUT2D eigenvalue weighted by Crippen LogP contribution is -2.47. The van der Waals surface area contributed by atoms with Gasteiger partial charge in [-0.15, -0.1) is 0 Å². The Morgan fingerprint density at radius 3 is 2.81 bits per heavy atom. The molecule has 0 aliphatic carbocycles. The third-order valence-electron chi connectivity index (χ3n) is 2.73. The van der Waals surface area contributed by atoms with Gasteiger partial charge in [-0.2, -0.15) is 0 Å². The molecular formula is C12H21N5O4. The van der Waals surface area contributed by atoms with Crippen molar-refractivity contribution in [3.8, 4) is 0 Å². The highest BCUT2D eigenvalue weighted by Gasteiger charge is 2.22. The van der Waals surface area contributed by atoms with Gasteiger partial charge in [0.05, 0.1) is 5.60 Å². The largest absolute Gasteiger partial charge is 0.387 e. The molecule has 0 saturated carbocycles. The van der Waals surface area contributed by atoms with Crippen LogP contribution in [0.2, 0.25) is 0 Å². The molecule has 0 spiro atoms. The maximum Gasteiger partial charge on any atom is 0.381 e. The number of imidazole rings is 1. The van der Waals surface area contributed by atoms with Gasteiger partial charge in [-0.1, -0.05) is 0 Å². The lowest BCUT2D eigenvalue weighted by Gasteiger charge is -2.27. The third-order valence-corrected chi connectivity index (χ3v) is 2.73. The smallest absolute Gasteiger partial charge is 0.381 e. The monoisotopic (exact) mass is 299 g/mol. The first-order valence-corrected chi connectivity index (χ1v) is 6.49. The van der Waals surface area contributed by atoms with Crippen molar-refractivity contribution in [2.24, 2.45) is 0 Å². The number of carbonyl (C=O) groups is 1. The molecule has 1 atom stereocenters. The van der Waals surface area contributed by atoms with Crippen LogP contribution in [0.5, 0.6) is 0 Å². The Labute approximate surface area is 122 Å². The number of carbonyl (C=O) groups excluding carboxylic acids is 1. The number of nitrogens with one attached hydrogen (secondary N) is 1. The third kappa shape index (κ3) is 6.32. The molecule has 1 aromatic rings. The predicted octanol–water partition coefficient (Wildman–Crippen LogP) is -0.390. The van der Waals surface area contributed by atoms with E-state index in [0.717, 1.165) is 0 Å². The minimum atomic E-state index is -1.01. The lowest BCUT2D eigenvalue weighted by atomic mass is 10.1. The zero-order chi connectivity index (χ0) is 16.0. The van der Waals surface area contributed by atoms with Crippen LogP contribution in [0.25, 0.3) is 0 Å². The topological polar surface area (TPSA) is 114 Å². The van der Waals surface area contributed by atoms with E-state index in [1.807, 2.05) is 19.0 Å². The number of amides is 1. The van der Waals surface area contributed by atoms with Crippen LogP contribution in [-0.4, -0.2) is 63.2 Å². The van der Waals surface area contributed by atoms with Gasteiger partial charge >= 0.3 is 5.82 Å². The van der Waals surface area contributed by atoms with Crippen molar-refractivity contribution in [3.05, 3.63) is 22.6 Å². The van der Waals surface area contributed by atoms with Gasteiger partial charge < -0.3 is 30.0 Å². The SMILES string of the molecule is CN(C)CC(C)(O)CNC(=O)CCn1cnc([N+](=O)[O-])c1. The highest BCUT2D eigenvalue weighted by molar-refractivity contribution is 5.75. The number of rotatable bonds is 8. The molecule has 0 aliphatic rings. The molecule has 0 aromatic carbocycles. The van der Waals surface area contributed by atoms with Gasteiger partial charge in [0, 0.05) is 26.1 Å². The highest BCUT2D eigenvalue weighted by atomic mass is 16.6. The molecule has 1 heterocycles. The Kier molecular flexibility index (Phi) is 5.79. The van der Waals surface area contributed by atoms with E-state index in [-0.39, 0.29) is 24.7 Å². The van der Waals surface area contributed by atoms with E-state index in [9.17, 15) is 20.0 Å². The van der Waals surface area contributed by atoms with Gasteiger partial charge in [0.1, 0.15) is 6.20 Å². The van der Waals surface area contributed by atoms with Crippen molar-refractivity contribution in [1.82, 2.24) is 19.8 Å². The second kappa shape index (κ2) is 7.14. The molecule has 118 valence electrons. The molecule has 21 heavy (non-hydrogen) atoms. The van der Waals surface area contributed by atoms with E-state index < -0.39 is 10.5 Å². The molecule has 2 N–H and O–H groups in total. The molecule has 1 aromatic heterocycles. The Balaban J connectivity index is 2.35. The zero-order valence-corrected chi connectivity index (χ0v) is 12.4. The van der Waals surface area contributed by atoms with E-state index in [0.29, 0.717) is 13.1 Å². The van der Waals surface area contributed by atoms with Gasteiger partial charge in [0.2, 0.25) is 12.2 Å². The zero-order valence-electron chi connectivity index (χ0n) is 12.4. The number of aliphatic hydroxyl groups is 1. The summed E-state index contributed by atoms with van der Waals surface area (Å²) < 4.78 is 1.48. The summed E-state index contributed by atoms with van der Waals surface area (Å²) in [5, 5.41) is 23.2. The van der Waals surface area contributed by atoms with Crippen molar-refractivity contribution in [1.29, 1.82) is 0 Å². The quantitative estimate of drug-likeness (QED) is 0.499. The van der Waals surface area contributed by atoms with Crippen LogP contribution >= 0.6 is 0 Å². The second-order valence-corrected chi connectivity index (χ2v) is 5.49. The Morgan fingerprint density at radius 1 is 1.62 bits per heavy atom. The minimum absolute atomic E-state index is 0.147. The number of hydrogen-bond acceptors (Lipinski definition) is 6. The molecule has 9 nitrogen and oxygen atoms in total. The number of likely N-dealkylation sites (N-methyl/N-ethyl adjacent to an activating group) is 1. The lowest BCUT2D eigenvalue weighted by molar-refractivity contribution is -0.389. The van der Waals surface area contributed by atoms with Gasteiger partial charge in [0.15, 0.2) is 0 Å². The van der Waals surface area contributed by atoms with Gasteiger partial charge in [-0.25, -0.2) is 0 Å². The van der Waals surface area contributed by atoms with Crippen molar-refractivity contribution in [2.45, 2.75) is 25.5 Å². The first-order valence-electron chi connectivity index (χ1n) is 6.49. The molecule has 1 rings (SSSR count). The molecule has 0 aliphatic heterocycles. The highest BCUT2D eigenvalue weighted by Crippen LogP contribution is 2.06. The number of hydrogen-bond donors (Lipinski definition) is 2. The molecule has 0 bridgehead atoms. The summed E-state index contributed by atoms with van der Waals surface area (Å²) in [4.78, 5) is 27.0. The first kappa shape index (κ1) is 17.1. The average molecular weight is 299 g/mol. The van der Waals surface area contributed by atoms with Gasteiger partial charge in [0.25, 0.3) is 0 Å². The second-order valence-electron chi connectivity index (χ2n) is 5.49. The van der Waals surface area contributed by atoms with Crippen LogP contribution in [-0.2, 0) is 11.3 Å². The van der Waals surface area contributed by atoms with E-state index in [1.165, 1.54) is 17.1 Å². The minimum Gasteiger partial charge on any atom is -0.387 e. The van der Waals surface area contributed by atoms with Crippen molar-refractivity contribution in [3.63, 3.8) is 0 Å². The normalized spacial score (nSPS) is 14.0. The fourth-order valence-electron chi connectivity index (χ4n) is 1.91. The fraction of sp³-hybridized carbons (Fsp3) is 0.667. The summed E-state index contributed by atoms with van der Waals surface area (Å²) in [6.45, 7) is 2.52. The first-order chi connectivity index (χ1) is 9.69. The average Bonchev–Trinajstić information content (AvgIpc) is 2.81. The fourth-order valence-corrected chi connectivity index (χ4v) is 1.91. The van der Waals surface area contributed by atoms with Crippen molar-refractivity contribution >= 4 is 11.7 Å². The van der Waals surface area contributed by atoms with Crippen LogP contribution in [0.1, 0.15) is 13.3 Å². The Morgan fingerprint density at radius 2 is 2.29 bits per heavy atom. The number of nitro groups is 1. The number of aryl methyl sites for hydroxylation is 1. The summed E-state index contributed by atoms with van der Waals surface area (Å²) in [5.74, 6) is -0.477. The van der Waals surface area contributed by atoms with Gasteiger partial charge in [-0.05, 0) is 30.9 Å². The van der Waals surface area contributed by atoms with Crippen LogP contribution in [0.3, 0.4) is 0 Å². The van der Waals surface area contributed by atoms with Crippen molar-refractivity contribution < 1.29 is 14.8 Å². The maximum atomic E-state index is 11.7. The molecular weight excluding hydrogens is 278 g/mol. The molecule has 9 heteroatoms.